The lowest BCUT2D eigenvalue weighted by molar-refractivity contribution is -0.118. The minimum atomic E-state index is -0.119. The first-order valence-electron chi connectivity index (χ1n) is 7.80. The van der Waals surface area contributed by atoms with Crippen molar-refractivity contribution in [1.29, 1.82) is 0 Å². The molecule has 2 aromatic rings. The number of nitrogens with one attached hydrogen (secondary N) is 1. The second-order valence-corrected chi connectivity index (χ2v) is 6.29. The van der Waals surface area contributed by atoms with Gasteiger partial charge >= 0.3 is 0 Å². The smallest absolute Gasteiger partial charge is 0.250 e. The standard InChI is InChI=1S/C19H22N2O3S/c1-14(16-6-10-18(24-3)11-7-16)20-21-19(22)13-25-12-15-4-8-17(23-2)9-5-15/h4-11H,12-13H2,1-3H3,(H,21,22)/b20-14-. The molecule has 0 radical (unpaired) electrons. The van der Waals surface area contributed by atoms with Crippen LogP contribution in [0.3, 0.4) is 0 Å². The van der Waals surface area contributed by atoms with Gasteiger partial charge in [0.1, 0.15) is 11.5 Å². The van der Waals surface area contributed by atoms with E-state index < -0.39 is 0 Å². The van der Waals surface area contributed by atoms with Crippen molar-refractivity contribution in [1.82, 2.24) is 5.43 Å². The van der Waals surface area contributed by atoms with Crippen LogP contribution in [0.1, 0.15) is 18.1 Å². The van der Waals surface area contributed by atoms with Gasteiger partial charge in [0.05, 0.1) is 25.7 Å². The molecule has 0 fully saturated rings. The Morgan fingerprint density at radius 2 is 1.56 bits per heavy atom. The van der Waals surface area contributed by atoms with E-state index in [0.717, 1.165) is 34.1 Å². The Labute approximate surface area is 152 Å². The molecule has 0 heterocycles. The minimum Gasteiger partial charge on any atom is -0.497 e. The van der Waals surface area contributed by atoms with Crippen LogP contribution in [0.5, 0.6) is 11.5 Å². The number of rotatable bonds is 8. The van der Waals surface area contributed by atoms with Crippen LogP contribution in [0.25, 0.3) is 0 Å². The molecule has 0 aliphatic carbocycles. The molecule has 2 aromatic carbocycles. The molecule has 5 nitrogen and oxygen atoms in total. The molecule has 0 saturated heterocycles. The van der Waals surface area contributed by atoms with Crippen molar-refractivity contribution in [2.24, 2.45) is 5.10 Å². The number of hydrazone groups is 1. The van der Waals surface area contributed by atoms with Crippen molar-refractivity contribution in [3.05, 3.63) is 59.7 Å². The monoisotopic (exact) mass is 358 g/mol. The molecule has 0 atom stereocenters. The summed E-state index contributed by atoms with van der Waals surface area (Å²) in [6.45, 7) is 1.85. The van der Waals surface area contributed by atoms with Crippen LogP contribution < -0.4 is 14.9 Å². The highest BCUT2D eigenvalue weighted by molar-refractivity contribution is 7.99. The maximum Gasteiger partial charge on any atom is 0.250 e. The van der Waals surface area contributed by atoms with Gasteiger partial charge in [0, 0.05) is 5.75 Å². The van der Waals surface area contributed by atoms with Gasteiger partial charge in [0.25, 0.3) is 0 Å². The molecular formula is C19H22N2O3S. The lowest BCUT2D eigenvalue weighted by Crippen LogP contribution is -2.21. The number of ether oxygens (including phenoxy) is 2. The van der Waals surface area contributed by atoms with E-state index in [1.54, 1.807) is 26.0 Å². The minimum absolute atomic E-state index is 0.119. The van der Waals surface area contributed by atoms with Gasteiger partial charge in [-0.25, -0.2) is 5.43 Å². The van der Waals surface area contributed by atoms with Gasteiger partial charge in [0.15, 0.2) is 0 Å². The number of thioether (sulfide) groups is 1. The van der Waals surface area contributed by atoms with Gasteiger partial charge < -0.3 is 9.47 Å². The zero-order valence-corrected chi connectivity index (χ0v) is 15.4. The Morgan fingerprint density at radius 3 is 2.12 bits per heavy atom. The average molecular weight is 358 g/mol. The third-order valence-corrected chi connectivity index (χ3v) is 4.52. The summed E-state index contributed by atoms with van der Waals surface area (Å²) < 4.78 is 10.2. The number of hydrogen-bond acceptors (Lipinski definition) is 5. The number of methoxy groups -OCH3 is 2. The van der Waals surface area contributed by atoms with E-state index in [4.69, 9.17) is 9.47 Å². The van der Waals surface area contributed by atoms with Gasteiger partial charge in [-0.15, -0.1) is 11.8 Å². The van der Waals surface area contributed by atoms with E-state index in [9.17, 15) is 4.79 Å². The van der Waals surface area contributed by atoms with Crippen LogP contribution in [0.4, 0.5) is 0 Å². The Hall–Kier alpha value is -2.47. The van der Waals surface area contributed by atoms with E-state index >= 15 is 0 Å². The van der Waals surface area contributed by atoms with E-state index in [2.05, 4.69) is 10.5 Å². The Balaban J connectivity index is 1.76. The Kier molecular flexibility index (Phi) is 7.35. The molecule has 1 N–H and O–H groups in total. The van der Waals surface area contributed by atoms with Crippen molar-refractivity contribution in [2.45, 2.75) is 12.7 Å². The summed E-state index contributed by atoms with van der Waals surface area (Å²) in [6.07, 6.45) is 0. The summed E-state index contributed by atoms with van der Waals surface area (Å²) >= 11 is 1.54. The summed E-state index contributed by atoms with van der Waals surface area (Å²) in [7, 11) is 3.27. The van der Waals surface area contributed by atoms with Gasteiger partial charge in [-0.1, -0.05) is 12.1 Å². The quantitative estimate of drug-likeness (QED) is 0.580. The first-order valence-corrected chi connectivity index (χ1v) is 8.96. The van der Waals surface area contributed by atoms with Crippen LogP contribution in [0, 0.1) is 0 Å². The highest BCUT2D eigenvalue weighted by Gasteiger charge is 2.03. The van der Waals surface area contributed by atoms with E-state index in [1.807, 2.05) is 55.5 Å². The first kappa shape index (κ1) is 18.9. The molecule has 0 aromatic heterocycles. The van der Waals surface area contributed by atoms with Crippen molar-refractivity contribution >= 4 is 23.4 Å². The number of nitrogens with zero attached hydrogens (tertiary/aromatic N) is 1. The SMILES string of the molecule is COc1ccc(CSCC(=O)N/N=C(/C)c2ccc(OC)cc2)cc1. The predicted octanol–water partition coefficient (Wildman–Crippen LogP) is 3.48. The second kappa shape index (κ2) is 9.74. The molecule has 132 valence electrons. The van der Waals surface area contributed by atoms with Crippen LogP contribution >= 0.6 is 11.8 Å². The van der Waals surface area contributed by atoms with E-state index in [0.29, 0.717) is 5.75 Å². The van der Waals surface area contributed by atoms with Crippen LogP contribution in [0.2, 0.25) is 0 Å². The highest BCUT2D eigenvalue weighted by atomic mass is 32.2. The molecule has 2 rings (SSSR count). The van der Waals surface area contributed by atoms with Crippen molar-refractivity contribution in [2.75, 3.05) is 20.0 Å². The van der Waals surface area contributed by atoms with Crippen LogP contribution in [0.15, 0.2) is 53.6 Å². The molecule has 0 aliphatic rings. The number of amides is 1. The number of hydrogen-bond donors (Lipinski definition) is 1. The van der Waals surface area contributed by atoms with Gasteiger partial charge in [-0.3, -0.25) is 4.79 Å². The summed E-state index contributed by atoms with van der Waals surface area (Å²) in [5, 5.41) is 4.14. The van der Waals surface area contributed by atoms with E-state index in [-0.39, 0.29) is 5.91 Å². The topological polar surface area (TPSA) is 59.9 Å². The molecule has 0 bridgehead atoms. The Bertz CT molecular complexity index is 712. The maximum absolute atomic E-state index is 11.9. The van der Waals surface area contributed by atoms with Crippen molar-refractivity contribution < 1.29 is 14.3 Å². The van der Waals surface area contributed by atoms with Crippen LogP contribution in [-0.4, -0.2) is 31.6 Å². The molecule has 0 spiro atoms. The number of carbonyl (C=O) groups excluding carboxylic acids is 1. The summed E-state index contributed by atoms with van der Waals surface area (Å²) in [5.41, 5.74) is 5.42. The molecule has 0 aliphatic heterocycles. The lowest BCUT2D eigenvalue weighted by atomic mass is 10.1. The normalized spacial score (nSPS) is 11.1. The molecule has 25 heavy (non-hydrogen) atoms. The van der Waals surface area contributed by atoms with Crippen molar-refractivity contribution in [3.63, 3.8) is 0 Å². The summed E-state index contributed by atoms with van der Waals surface area (Å²) in [5.74, 6) is 2.61. The van der Waals surface area contributed by atoms with Crippen molar-refractivity contribution in [3.8, 4) is 11.5 Å². The molecule has 6 heteroatoms. The molecule has 0 saturated carbocycles. The van der Waals surface area contributed by atoms with Gasteiger partial charge in [0.2, 0.25) is 5.91 Å². The third kappa shape index (κ3) is 6.15. The second-order valence-electron chi connectivity index (χ2n) is 5.30. The van der Waals surface area contributed by atoms with Gasteiger partial charge in [-0.05, 0) is 54.4 Å². The zero-order valence-electron chi connectivity index (χ0n) is 14.6. The van der Waals surface area contributed by atoms with Crippen LogP contribution in [-0.2, 0) is 10.5 Å². The summed E-state index contributed by atoms with van der Waals surface area (Å²) in [6, 6.07) is 15.4. The predicted molar refractivity (Wildman–Crippen MR) is 103 cm³/mol. The number of benzene rings is 2. The van der Waals surface area contributed by atoms with E-state index in [1.165, 1.54) is 0 Å². The number of carbonyl (C=O) groups is 1. The fraction of sp³-hybridized carbons (Fsp3) is 0.263. The first-order chi connectivity index (χ1) is 12.1. The largest absolute Gasteiger partial charge is 0.497 e. The Morgan fingerprint density at radius 1 is 1.00 bits per heavy atom. The third-order valence-electron chi connectivity index (χ3n) is 3.52. The average Bonchev–Trinajstić information content (AvgIpc) is 2.66. The lowest BCUT2D eigenvalue weighted by Gasteiger charge is -2.05. The fourth-order valence-corrected chi connectivity index (χ4v) is 2.84. The molecule has 0 unspecified atom stereocenters. The fourth-order valence-electron chi connectivity index (χ4n) is 2.06. The zero-order chi connectivity index (χ0) is 18.1. The van der Waals surface area contributed by atoms with Gasteiger partial charge in [-0.2, -0.15) is 5.10 Å². The molecular weight excluding hydrogens is 336 g/mol. The maximum atomic E-state index is 11.9. The highest BCUT2D eigenvalue weighted by Crippen LogP contribution is 2.16. The molecule has 1 amide bonds. The summed E-state index contributed by atoms with van der Waals surface area (Å²) in [4.78, 5) is 11.9.